The van der Waals surface area contributed by atoms with E-state index < -0.39 is 28.6 Å². The normalized spacial score (nSPS) is 47.0. The summed E-state index contributed by atoms with van der Waals surface area (Å²) >= 11 is 0. The molecule has 202 valence electrons. The number of carbonyl (C=O) groups is 2. The maximum atomic E-state index is 13.4. The molecule has 1 saturated heterocycles. The number of hydrogen-bond acceptors (Lipinski definition) is 6. The monoisotopic (exact) mass is 503 g/mol. The average molecular weight is 504 g/mol. The van der Waals surface area contributed by atoms with Crippen molar-refractivity contribution in [3.63, 3.8) is 0 Å². The highest BCUT2D eigenvalue weighted by molar-refractivity contribution is 5.95. The molecule has 1 aliphatic heterocycles. The number of amides is 1. The lowest BCUT2D eigenvalue weighted by molar-refractivity contribution is -0.155. The molecule has 1 heterocycles. The van der Waals surface area contributed by atoms with Gasteiger partial charge in [-0.05, 0) is 87.2 Å². The van der Waals surface area contributed by atoms with Crippen molar-refractivity contribution in [1.82, 2.24) is 4.90 Å². The minimum absolute atomic E-state index is 0.00902. The van der Waals surface area contributed by atoms with Gasteiger partial charge in [0.2, 0.25) is 5.91 Å². The fourth-order valence-corrected chi connectivity index (χ4v) is 9.11. The van der Waals surface area contributed by atoms with Crippen LogP contribution in [-0.4, -0.2) is 75.0 Å². The summed E-state index contributed by atoms with van der Waals surface area (Å²) in [4.78, 5) is 28.5. The number of ether oxygens (including phenoxy) is 1. The van der Waals surface area contributed by atoms with Crippen molar-refractivity contribution in [2.45, 2.75) is 115 Å². The molecule has 3 saturated carbocycles. The lowest BCUT2D eigenvalue weighted by atomic mass is 9.46. The number of aliphatic hydroxyl groups is 3. The molecule has 0 bridgehead atoms. The Kier molecular flexibility index (Phi) is 6.71. The molecule has 0 aromatic carbocycles. The molecule has 0 aromatic heterocycles. The molecule has 4 fully saturated rings. The minimum Gasteiger partial charge on any atom is -0.390 e. The number of ketones is 1. The third-order valence-electron chi connectivity index (χ3n) is 11.3. The molecular weight excluding hydrogens is 458 g/mol. The molecule has 3 N–H and O–H groups in total. The standard InChI is InChI=1S/C29H45NO6/c1-5-26(34)30(16-18-7-6-12-36-18)17(2)19-9-11-29(35)21-13-23(31)22-14-24(32)25(33)15-27(22,3)20(21)8-10-28(19,29)4/h13,17-20,22,24-25,32-33,35H,5-12,14-16H2,1-4H3/t17?,18?,19?,20?,22?,24?,25?,27?,28-,29-/m1/s1. The summed E-state index contributed by atoms with van der Waals surface area (Å²) in [6.07, 6.45) is 6.19. The van der Waals surface area contributed by atoms with Crippen LogP contribution in [0.25, 0.3) is 0 Å². The van der Waals surface area contributed by atoms with Gasteiger partial charge in [0.15, 0.2) is 5.78 Å². The molecule has 0 radical (unpaired) electrons. The fourth-order valence-electron chi connectivity index (χ4n) is 9.11. The maximum absolute atomic E-state index is 13.4. The summed E-state index contributed by atoms with van der Waals surface area (Å²) in [5.74, 6) is -0.0962. The van der Waals surface area contributed by atoms with E-state index in [1.807, 2.05) is 11.8 Å². The molecule has 0 spiro atoms. The molecule has 1 amide bonds. The number of nitrogens with zero attached hydrogens (tertiary/aromatic N) is 1. The summed E-state index contributed by atoms with van der Waals surface area (Å²) in [6.45, 7) is 9.63. The molecule has 5 aliphatic rings. The zero-order valence-electron chi connectivity index (χ0n) is 22.4. The van der Waals surface area contributed by atoms with Crippen molar-refractivity contribution in [3.05, 3.63) is 11.6 Å². The Labute approximate surface area is 215 Å². The van der Waals surface area contributed by atoms with Crippen LogP contribution < -0.4 is 0 Å². The van der Waals surface area contributed by atoms with E-state index in [1.165, 1.54) is 0 Å². The Morgan fingerprint density at radius 3 is 2.58 bits per heavy atom. The van der Waals surface area contributed by atoms with E-state index in [-0.39, 0.29) is 48.0 Å². The molecule has 8 unspecified atom stereocenters. The number of carbonyl (C=O) groups excluding carboxylic acids is 2. The van der Waals surface area contributed by atoms with Gasteiger partial charge in [-0.3, -0.25) is 9.59 Å². The average Bonchev–Trinajstić information content (AvgIpc) is 3.44. The van der Waals surface area contributed by atoms with Crippen molar-refractivity contribution in [2.75, 3.05) is 13.2 Å². The number of allylic oxidation sites excluding steroid dienone is 1. The topological polar surface area (TPSA) is 107 Å². The van der Waals surface area contributed by atoms with Gasteiger partial charge in [0, 0.05) is 36.9 Å². The second-order valence-corrected chi connectivity index (χ2v) is 12.9. The Bertz CT molecular complexity index is 929. The second kappa shape index (κ2) is 9.18. The summed E-state index contributed by atoms with van der Waals surface area (Å²) in [6, 6.07) is -0.0351. The Balaban J connectivity index is 1.46. The van der Waals surface area contributed by atoms with Gasteiger partial charge in [0.25, 0.3) is 0 Å². The molecule has 5 rings (SSSR count). The highest BCUT2D eigenvalue weighted by atomic mass is 16.5. The summed E-state index contributed by atoms with van der Waals surface area (Å²) in [5.41, 5.74) is -1.19. The van der Waals surface area contributed by atoms with Gasteiger partial charge in [-0.25, -0.2) is 0 Å². The highest BCUT2D eigenvalue weighted by Crippen LogP contribution is 2.67. The van der Waals surface area contributed by atoms with Crippen LogP contribution in [0.1, 0.15) is 85.5 Å². The summed E-state index contributed by atoms with van der Waals surface area (Å²) in [7, 11) is 0. The highest BCUT2D eigenvalue weighted by Gasteiger charge is 2.67. The SMILES string of the molecule is CCC(=O)N(CC1CCCO1)C(C)C1CC[C@@]2(O)C3=CC(=O)C4CC(O)C(O)CC4(C)C3CC[C@]12C. The van der Waals surface area contributed by atoms with Crippen LogP contribution in [0.15, 0.2) is 11.6 Å². The molecule has 0 aromatic rings. The first-order valence-electron chi connectivity index (χ1n) is 14.2. The summed E-state index contributed by atoms with van der Waals surface area (Å²) < 4.78 is 5.87. The smallest absolute Gasteiger partial charge is 0.222 e. The van der Waals surface area contributed by atoms with Gasteiger partial charge in [-0.2, -0.15) is 0 Å². The number of fused-ring (bicyclic) bond motifs is 5. The van der Waals surface area contributed by atoms with E-state index in [1.54, 1.807) is 6.08 Å². The Hall–Kier alpha value is -1.28. The van der Waals surface area contributed by atoms with E-state index in [0.717, 1.165) is 44.3 Å². The van der Waals surface area contributed by atoms with Gasteiger partial charge >= 0.3 is 0 Å². The van der Waals surface area contributed by atoms with Crippen molar-refractivity contribution in [3.8, 4) is 0 Å². The zero-order valence-corrected chi connectivity index (χ0v) is 22.4. The van der Waals surface area contributed by atoms with Crippen molar-refractivity contribution >= 4 is 11.7 Å². The molecule has 36 heavy (non-hydrogen) atoms. The molecule has 7 nitrogen and oxygen atoms in total. The second-order valence-electron chi connectivity index (χ2n) is 12.9. The van der Waals surface area contributed by atoms with Crippen molar-refractivity contribution in [1.29, 1.82) is 0 Å². The van der Waals surface area contributed by atoms with Gasteiger partial charge in [-0.15, -0.1) is 0 Å². The van der Waals surface area contributed by atoms with Gasteiger partial charge in [0.1, 0.15) is 0 Å². The first kappa shape index (κ1) is 26.3. The molecular formula is C29H45NO6. The minimum atomic E-state index is -1.11. The van der Waals surface area contributed by atoms with Crippen LogP contribution in [0.5, 0.6) is 0 Å². The molecule has 4 aliphatic carbocycles. The predicted molar refractivity (Wildman–Crippen MR) is 135 cm³/mol. The Morgan fingerprint density at radius 2 is 1.92 bits per heavy atom. The van der Waals surface area contributed by atoms with Gasteiger partial charge in [-0.1, -0.05) is 20.8 Å². The van der Waals surface area contributed by atoms with Gasteiger partial charge < -0.3 is 25.0 Å². The number of hydrogen-bond donors (Lipinski definition) is 3. The van der Waals surface area contributed by atoms with Crippen LogP contribution in [-0.2, 0) is 14.3 Å². The third-order valence-corrected chi connectivity index (χ3v) is 11.3. The Morgan fingerprint density at radius 1 is 1.17 bits per heavy atom. The van der Waals surface area contributed by atoms with Crippen LogP contribution >= 0.6 is 0 Å². The van der Waals surface area contributed by atoms with E-state index in [4.69, 9.17) is 4.74 Å². The van der Waals surface area contributed by atoms with Crippen molar-refractivity contribution < 1.29 is 29.6 Å². The van der Waals surface area contributed by atoms with E-state index in [9.17, 15) is 24.9 Å². The quantitative estimate of drug-likeness (QED) is 0.533. The van der Waals surface area contributed by atoms with Crippen LogP contribution in [0.2, 0.25) is 0 Å². The molecule has 10 atom stereocenters. The van der Waals surface area contributed by atoms with Crippen LogP contribution in [0, 0.1) is 28.6 Å². The first-order valence-corrected chi connectivity index (χ1v) is 14.2. The largest absolute Gasteiger partial charge is 0.390 e. The zero-order chi connectivity index (χ0) is 26.0. The first-order chi connectivity index (χ1) is 17.0. The van der Waals surface area contributed by atoms with Crippen molar-refractivity contribution in [2.24, 2.45) is 28.6 Å². The third kappa shape index (κ3) is 3.75. The number of rotatable bonds is 5. The summed E-state index contributed by atoms with van der Waals surface area (Å²) in [5, 5.41) is 33.3. The molecule has 7 heteroatoms. The van der Waals surface area contributed by atoms with Gasteiger partial charge in [0.05, 0.1) is 23.9 Å². The predicted octanol–water partition coefficient (Wildman–Crippen LogP) is 3.00. The number of aliphatic hydroxyl groups excluding tert-OH is 2. The van der Waals surface area contributed by atoms with Crippen LogP contribution in [0.4, 0.5) is 0 Å². The van der Waals surface area contributed by atoms with E-state index in [2.05, 4.69) is 20.8 Å². The van der Waals surface area contributed by atoms with Crippen LogP contribution in [0.3, 0.4) is 0 Å². The van der Waals surface area contributed by atoms with E-state index >= 15 is 0 Å². The fraction of sp³-hybridized carbons (Fsp3) is 0.862. The lowest BCUT2D eigenvalue weighted by Crippen LogP contribution is -2.61. The van der Waals surface area contributed by atoms with E-state index in [0.29, 0.717) is 25.8 Å². The maximum Gasteiger partial charge on any atom is 0.222 e. The lowest BCUT2D eigenvalue weighted by Gasteiger charge is -2.60.